The predicted molar refractivity (Wildman–Crippen MR) is 68.4 cm³/mol. The molecule has 0 atom stereocenters. The summed E-state index contributed by atoms with van der Waals surface area (Å²) in [6.07, 6.45) is 2.01. The Hall–Kier alpha value is -1.72. The van der Waals surface area contributed by atoms with Crippen LogP contribution < -0.4 is 0 Å². The third-order valence-electron chi connectivity index (χ3n) is 2.43. The lowest BCUT2D eigenvalue weighted by Crippen LogP contribution is -1.84. The van der Waals surface area contributed by atoms with Crippen molar-refractivity contribution in [3.8, 4) is 17.2 Å². The zero-order valence-electron chi connectivity index (χ0n) is 8.97. The minimum absolute atomic E-state index is 0.734. The maximum atomic E-state index is 9.14. The average molecular weight is 225 g/mol. The van der Waals surface area contributed by atoms with Crippen LogP contribution in [-0.2, 0) is 0 Å². The normalized spacial score (nSPS) is 9.75. The standard InChI is InChI=1S/C14H11NS/c1-16-13-7-8-14(12(9-13)10-15)11-5-3-2-4-6-11/h2-9H,1H3. The van der Waals surface area contributed by atoms with Gasteiger partial charge in [-0.1, -0.05) is 36.4 Å². The van der Waals surface area contributed by atoms with Crippen molar-refractivity contribution in [3.05, 3.63) is 54.1 Å². The number of nitrogens with zero attached hydrogens (tertiary/aromatic N) is 1. The molecule has 0 radical (unpaired) electrons. The molecule has 16 heavy (non-hydrogen) atoms. The zero-order valence-corrected chi connectivity index (χ0v) is 9.79. The molecule has 0 bridgehead atoms. The molecule has 2 aromatic rings. The van der Waals surface area contributed by atoms with Gasteiger partial charge in [0, 0.05) is 4.90 Å². The third kappa shape index (κ3) is 2.10. The van der Waals surface area contributed by atoms with Crippen LogP contribution in [0.3, 0.4) is 0 Å². The first-order valence-corrected chi connectivity index (χ1v) is 6.21. The maximum absolute atomic E-state index is 9.14. The fourth-order valence-corrected chi connectivity index (χ4v) is 2.05. The lowest BCUT2D eigenvalue weighted by atomic mass is 10.0. The van der Waals surface area contributed by atoms with Gasteiger partial charge in [0.15, 0.2) is 0 Å². The number of hydrogen-bond acceptors (Lipinski definition) is 2. The van der Waals surface area contributed by atoms with Crippen LogP contribution >= 0.6 is 11.8 Å². The second kappa shape index (κ2) is 4.87. The quantitative estimate of drug-likeness (QED) is 0.723. The van der Waals surface area contributed by atoms with Crippen LogP contribution in [0.25, 0.3) is 11.1 Å². The van der Waals surface area contributed by atoms with E-state index in [0.29, 0.717) is 0 Å². The highest BCUT2D eigenvalue weighted by Gasteiger charge is 2.04. The van der Waals surface area contributed by atoms with Crippen molar-refractivity contribution in [1.29, 1.82) is 5.26 Å². The molecule has 0 saturated carbocycles. The largest absolute Gasteiger partial charge is 0.192 e. The molecule has 1 nitrogen and oxygen atoms in total. The zero-order chi connectivity index (χ0) is 11.4. The first-order valence-electron chi connectivity index (χ1n) is 4.98. The lowest BCUT2D eigenvalue weighted by Gasteiger charge is -2.05. The Bertz CT molecular complexity index is 526. The minimum Gasteiger partial charge on any atom is -0.192 e. The van der Waals surface area contributed by atoms with Crippen LogP contribution in [0, 0.1) is 11.3 Å². The maximum Gasteiger partial charge on any atom is 0.0998 e. The van der Waals surface area contributed by atoms with Crippen molar-refractivity contribution in [2.24, 2.45) is 0 Å². The third-order valence-corrected chi connectivity index (χ3v) is 3.16. The fourth-order valence-electron chi connectivity index (χ4n) is 1.61. The van der Waals surface area contributed by atoms with E-state index in [1.165, 1.54) is 0 Å². The molecule has 2 heteroatoms. The molecule has 0 unspecified atom stereocenters. The number of hydrogen-bond donors (Lipinski definition) is 0. The van der Waals surface area contributed by atoms with Crippen LogP contribution in [0.5, 0.6) is 0 Å². The molecule has 2 aromatic carbocycles. The topological polar surface area (TPSA) is 23.8 Å². The Kier molecular flexibility index (Phi) is 3.28. The van der Waals surface area contributed by atoms with Crippen LogP contribution in [0.1, 0.15) is 5.56 Å². The van der Waals surface area contributed by atoms with Gasteiger partial charge in [0.1, 0.15) is 0 Å². The van der Waals surface area contributed by atoms with Crippen LogP contribution in [0.2, 0.25) is 0 Å². The summed E-state index contributed by atoms with van der Waals surface area (Å²) in [7, 11) is 0. The lowest BCUT2D eigenvalue weighted by molar-refractivity contribution is 1.40. The van der Waals surface area contributed by atoms with E-state index in [1.807, 2.05) is 54.8 Å². The first-order chi connectivity index (χ1) is 7.85. The summed E-state index contributed by atoms with van der Waals surface area (Å²) in [4.78, 5) is 1.12. The van der Waals surface area contributed by atoms with Gasteiger partial charge in [0.05, 0.1) is 11.6 Å². The Labute approximate surface area is 99.7 Å². The monoisotopic (exact) mass is 225 g/mol. The van der Waals surface area contributed by atoms with E-state index in [4.69, 9.17) is 5.26 Å². The highest BCUT2D eigenvalue weighted by atomic mass is 32.2. The smallest absolute Gasteiger partial charge is 0.0998 e. The van der Waals surface area contributed by atoms with Gasteiger partial charge < -0.3 is 0 Å². The van der Waals surface area contributed by atoms with Crippen molar-refractivity contribution < 1.29 is 0 Å². The molecule has 2 rings (SSSR count). The second-order valence-electron chi connectivity index (χ2n) is 3.39. The van der Waals surface area contributed by atoms with E-state index in [0.717, 1.165) is 21.6 Å². The molecule has 0 saturated heterocycles. The van der Waals surface area contributed by atoms with Crippen molar-refractivity contribution >= 4 is 11.8 Å². The second-order valence-corrected chi connectivity index (χ2v) is 4.27. The van der Waals surface area contributed by atoms with Crippen molar-refractivity contribution in [2.45, 2.75) is 4.90 Å². The van der Waals surface area contributed by atoms with Crippen molar-refractivity contribution in [2.75, 3.05) is 6.26 Å². The van der Waals surface area contributed by atoms with Gasteiger partial charge >= 0.3 is 0 Å². The first kappa shape index (κ1) is 10.8. The predicted octanol–water partition coefficient (Wildman–Crippen LogP) is 3.95. The Balaban J connectivity index is 2.54. The van der Waals surface area contributed by atoms with Crippen LogP contribution in [-0.4, -0.2) is 6.26 Å². The molecule has 78 valence electrons. The van der Waals surface area contributed by atoms with Gasteiger partial charge in [-0.2, -0.15) is 5.26 Å². The number of rotatable bonds is 2. The van der Waals surface area contributed by atoms with E-state index < -0.39 is 0 Å². The van der Waals surface area contributed by atoms with Gasteiger partial charge in [-0.05, 0) is 29.5 Å². The summed E-state index contributed by atoms with van der Waals surface area (Å²) in [5.74, 6) is 0. The molecule has 0 aliphatic carbocycles. The van der Waals surface area contributed by atoms with Gasteiger partial charge in [-0.25, -0.2) is 0 Å². The van der Waals surface area contributed by atoms with E-state index in [-0.39, 0.29) is 0 Å². The molecular weight excluding hydrogens is 214 g/mol. The molecule has 0 heterocycles. The molecular formula is C14H11NS. The van der Waals surface area contributed by atoms with Gasteiger partial charge in [-0.3, -0.25) is 0 Å². The SMILES string of the molecule is CSc1ccc(-c2ccccc2)c(C#N)c1. The minimum atomic E-state index is 0.734. The van der Waals surface area contributed by atoms with Crippen LogP contribution in [0.4, 0.5) is 0 Å². The number of nitriles is 1. The molecule has 0 amide bonds. The molecule has 0 N–H and O–H groups in total. The molecule has 0 aliphatic rings. The van der Waals surface area contributed by atoms with Crippen molar-refractivity contribution in [1.82, 2.24) is 0 Å². The molecule has 0 aromatic heterocycles. The summed E-state index contributed by atoms with van der Waals surface area (Å²) in [6, 6.07) is 18.2. The average Bonchev–Trinajstić information content (AvgIpc) is 2.39. The molecule has 0 aliphatic heterocycles. The highest BCUT2D eigenvalue weighted by Crippen LogP contribution is 2.26. The summed E-state index contributed by atoms with van der Waals surface area (Å²) >= 11 is 1.65. The Morgan fingerprint density at radius 3 is 2.44 bits per heavy atom. The van der Waals surface area contributed by atoms with Gasteiger partial charge in [0.2, 0.25) is 0 Å². The highest BCUT2D eigenvalue weighted by molar-refractivity contribution is 7.98. The summed E-state index contributed by atoms with van der Waals surface area (Å²) < 4.78 is 0. The van der Waals surface area contributed by atoms with E-state index in [1.54, 1.807) is 11.8 Å². The van der Waals surface area contributed by atoms with Crippen LogP contribution in [0.15, 0.2) is 53.4 Å². The molecule has 0 fully saturated rings. The van der Waals surface area contributed by atoms with Crippen molar-refractivity contribution in [3.63, 3.8) is 0 Å². The van der Waals surface area contributed by atoms with Gasteiger partial charge in [-0.15, -0.1) is 11.8 Å². The summed E-state index contributed by atoms with van der Waals surface area (Å²) in [5.41, 5.74) is 2.82. The fraction of sp³-hybridized carbons (Fsp3) is 0.0714. The van der Waals surface area contributed by atoms with E-state index >= 15 is 0 Å². The van der Waals surface area contributed by atoms with E-state index in [9.17, 15) is 0 Å². The Morgan fingerprint density at radius 1 is 1.06 bits per heavy atom. The summed E-state index contributed by atoms with van der Waals surface area (Å²) in [5, 5.41) is 9.14. The van der Waals surface area contributed by atoms with Gasteiger partial charge in [0.25, 0.3) is 0 Å². The summed E-state index contributed by atoms with van der Waals surface area (Å²) in [6.45, 7) is 0. The van der Waals surface area contributed by atoms with E-state index in [2.05, 4.69) is 6.07 Å². The number of benzene rings is 2. The number of thioether (sulfide) groups is 1. The Morgan fingerprint density at radius 2 is 1.81 bits per heavy atom. The molecule has 0 spiro atoms.